The highest BCUT2D eigenvalue weighted by Crippen LogP contribution is 2.22. The fourth-order valence-corrected chi connectivity index (χ4v) is 2.38. The molecule has 0 spiro atoms. The Kier molecular flexibility index (Phi) is 3.59. The second kappa shape index (κ2) is 4.98. The van der Waals surface area contributed by atoms with Gasteiger partial charge in [0.1, 0.15) is 4.99 Å². The second-order valence-corrected chi connectivity index (χ2v) is 4.78. The van der Waals surface area contributed by atoms with Gasteiger partial charge < -0.3 is 15.8 Å². The molecule has 3 N–H and O–H groups in total. The summed E-state index contributed by atoms with van der Waals surface area (Å²) in [4.78, 5) is 4.78. The van der Waals surface area contributed by atoms with Crippen LogP contribution < -0.4 is 11.1 Å². The molecule has 1 aliphatic rings. The number of hydrogen-bond acceptors (Lipinski definition) is 4. The van der Waals surface area contributed by atoms with Crippen LogP contribution in [-0.2, 0) is 4.74 Å². The number of ether oxygens (including phenoxy) is 1. The zero-order valence-electron chi connectivity index (χ0n) is 10.1. The van der Waals surface area contributed by atoms with Gasteiger partial charge in [0, 0.05) is 23.7 Å². The van der Waals surface area contributed by atoms with Crippen LogP contribution in [0.2, 0.25) is 0 Å². The fraction of sp³-hybridized carbons (Fsp3) is 0.500. The van der Waals surface area contributed by atoms with Crippen LogP contribution >= 0.6 is 12.2 Å². The summed E-state index contributed by atoms with van der Waals surface area (Å²) in [5.74, 6) is 0. The lowest BCUT2D eigenvalue weighted by molar-refractivity contribution is 0.195. The molecule has 1 aromatic heterocycles. The molecule has 5 heteroatoms. The Morgan fingerprint density at radius 1 is 1.59 bits per heavy atom. The minimum absolute atomic E-state index is 0.337. The molecule has 17 heavy (non-hydrogen) atoms. The lowest BCUT2D eigenvalue weighted by Crippen LogP contribution is -2.23. The normalized spacial score (nSPS) is 19.3. The minimum Gasteiger partial charge on any atom is -0.389 e. The zero-order chi connectivity index (χ0) is 12.4. The van der Waals surface area contributed by atoms with Gasteiger partial charge in [-0.15, -0.1) is 0 Å². The van der Waals surface area contributed by atoms with Crippen molar-refractivity contribution in [2.45, 2.75) is 26.3 Å². The van der Waals surface area contributed by atoms with Crippen molar-refractivity contribution >= 4 is 22.9 Å². The third kappa shape index (κ3) is 2.73. The summed E-state index contributed by atoms with van der Waals surface area (Å²) < 4.78 is 5.35. The molecular weight excluding hydrogens is 234 g/mol. The monoisotopic (exact) mass is 251 g/mol. The smallest absolute Gasteiger partial charge is 0.107 e. The van der Waals surface area contributed by atoms with Crippen LogP contribution in [0, 0.1) is 13.8 Å². The Morgan fingerprint density at radius 3 is 2.94 bits per heavy atom. The molecule has 1 unspecified atom stereocenters. The molecule has 1 aliphatic heterocycles. The van der Waals surface area contributed by atoms with Gasteiger partial charge in [0.15, 0.2) is 0 Å². The summed E-state index contributed by atoms with van der Waals surface area (Å²) in [6, 6.07) is 2.32. The van der Waals surface area contributed by atoms with E-state index in [1.807, 2.05) is 19.9 Å². The Hall–Kier alpha value is -1.20. The molecule has 2 rings (SSSR count). The molecule has 1 saturated heterocycles. The van der Waals surface area contributed by atoms with Gasteiger partial charge in [-0.25, -0.2) is 0 Å². The first kappa shape index (κ1) is 12.3. The van der Waals surface area contributed by atoms with E-state index >= 15 is 0 Å². The van der Waals surface area contributed by atoms with Crippen molar-refractivity contribution in [1.29, 1.82) is 0 Å². The number of anilines is 1. The number of hydrogen-bond donors (Lipinski definition) is 2. The van der Waals surface area contributed by atoms with Gasteiger partial charge in [-0.3, -0.25) is 4.98 Å². The van der Waals surface area contributed by atoms with Gasteiger partial charge >= 0.3 is 0 Å². The van der Waals surface area contributed by atoms with E-state index in [4.69, 9.17) is 22.7 Å². The van der Waals surface area contributed by atoms with E-state index in [-0.39, 0.29) is 0 Å². The molecule has 1 atom stereocenters. The predicted molar refractivity (Wildman–Crippen MR) is 72.4 cm³/mol. The molecule has 0 amide bonds. The first-order valence-corrected chi connectivity index (χ1v) is 6.11. The van der Waals surface area contributed by atoms with Gasteiger partial charge in [-0.05, 0) is 26.3 Å². The Labute approximate surface area is 107 Å². The first-order valence-electron chi connectivity index (χ1n) is 5.70. The molecule has 0 aromatic carbocycles. The largest absolute Gasteiger partial charge is 0.389 e. The maximum Gasteiger partial charge on any atom is 0.107 e. The number of pyridine rings is 1. The topological polar surface area (TPSA) is 60.2 Å². The van der Waals surface area contributed by atoms with E-state index < -0.39 is 0 Å². The van der Waals surface area contributed by atoms with Crippen molar-refractivity contribution in [3.05, 3.63) is 23.0 Å². The Balaban J connectivity index is 2.32. The van der Waals surface area contributed by atoms with Gasteiger partial charge in [-0.1, -0.05) is 12.2 Å². The maximum atomic E-state index is 5.76. The van der Waals surface area contributed by atoms with Gasteiger partial charge in [0.05, 0.1) is 18.2 Å². The second-order valence-electron chi connectivity index (χ2n) is 4.34. The van der Waals surface area contributed by atoms with Crippen LogP contribution in [0.3, 0.4) is 0 Å². The van der Waals surface area contributed by atoms with Crippen LogP contribution in [0.25, 0.3) is 0 Å². The standard InChI is InChI=1S/C12H17N3OS/c1-7-5-10(15-9-3-4-16-6-9)11(12(13)17)8(2)14-7/h5,9H,3-4,6H2,1-2H3,(H2,13,17)(H,14,15). The van der Waals surface area contributed by atoms with Gasteiger partial charge in [0.25, 0.3) is 0 Å². The van der Waals surface area contributed by atoms with Crippen LogP contribution in [0.5, 0.6) is 0 Å². The van der Waals surface area contributed by atoms with Crippen LogP contribution in [0.15, 0.2) is 6.07 Å². The molecule has 0 radical (unpaired) electrons. The molecule has 2 heterocycles. The van der Waals surface area contributed by atoms with Crippen molar-refractivity contribution in [3.8, 4) is 0 Å². The van der Waals surface area contributed by atoms with Crippen molar-refractivity contribution in [3.63, 3.8) is 0 Å². The van der Waals surface area contributed by atoms with Crippen LogP contribution in [0.1, 0.15) is 23.4 Å². The predicted octanol–water partition coefficient (Wildman–Crippen LogP) is 1.53. The maximum absolute atomic E-state index is 5.76. The molecular formula is C12H17N3OS. The Bertz CT molecular complexity index is 442. The molecule has 0 bridgehead atoms. The molecule has 1 fully saturated rings. The van der Waals surface area contributed by atoms with E-state index in [1.54, 1.807) is 0 Å². The summed E-state index contributed by atoms with van der Waals surface area (Å²) in [6.07, 6.45) is 1.01. The number of aryl methyl sites for hydroxylation is 2. The number of nitrogens with one attached hydrogen (secondary N) is 1. The summed E-state index contributed by atoms with van der Waals surface area (Å²) >= 11 is 5.09. The lowest BCUT2D eigenvalue weighted by Gasteiger charge is -2.17. The number of rotatable bonds is 3. The molecule has 92 valence electrons. The van der Waals surface area contributed by atoms with E-state index in [1.165, 1.54) is 0 Å². The lowest BCUT2D eigenvalue weighted by atomic mass is 10.1. The summed E-state index contributed by atoms with van der Waals surface area (Å²) in [5.41, 5.74) is 9.41. The van der Waals surface area contributed by atoms with Crippen molar-refractivity contribution in [2.24, 2.45) is 5.73 Å². The van der Waals surface area contributed by atoms with Crippen molar-refractivity contribution in [1.82, 2.24) is 4.98 Å². The number of nitrogens with two attached hydrogens (primary N) is 1. The highest BCUT2D eigenvalue weighted by molar-refractivity contribution is 7.80. The SMILES string of the molecule is Cc1cc(NC2CCOC2)c(C(N)=S)c(C)n1. The molecule has 1 aromatic rings. The van der Waals surface area contributed by atoms with E-state index in [2.05, 4.69) is 10.3 Å². The average molecular weight is 251 g/mol. The number of aromatic nitrogens is 1. The molecule has 4 nitrogen and oxygen atoms in total. The molecule has 0 aliphatic carbocycles. The van der Waals surface area contributed by atoms with Crippen LogP contribution in [-0.4, -0.2) is 29.2 Å². The first-order chi connectivity index (χ1) is 8.08. The third-order valence-electron chi connectivity index (χ3n) is 2.86. The third-order valence-corrected chi connectivity index (χ3v) is 3.07. The highest BCUT2D eigenvalue weighted by Gasteiger charge is 2.18. The quantitative estimate of drug-likeness (QED) is 0.798. The minimum atomic E-state index is 0.337. The van der Waals surface area contributed by atoms with Gasteiger partial charge in [-0.2, -0.15) is 0 Å². The van der Waals surface area contributed by atoms with E-state index in [0.717, 1.165) is 42.3 Å². The van der Waals surface area contributed by atoms with Gasteiger partial charge in [0.2, 0.25) is 0 Å². The van der Waals surface area contributed by atoms with Crippen molar-refractivity contribution in [2.75, 3.05) is 18.5 Å². The van der Waals surface area contributed by atoms with E-state index in [0.29, 0.717) is 11.0 Å². The average Bonchev–Trinajstić information content (AvgIpc) is 2.68. The fourth-order valence-electron chi connectivity index (χ4n) is 2.12. The molecule has 0 saturated carbocycles. The number of thiocarbonyl (C=S) groups is 1. The summed E-state index contributed by atoms with van der Waals surface area (Å²) in [5, 5.41) is 3.44. The van der Waals surface area contributed by atoms with E-state index in [9.17, 15) is 0 Å². The zero-order valence-corrected chi connectivity index (χ0v) is 10.9. The number of nitrogens with zero attached hydrogens (tertiary/aromatic N) is 1. The van der Waals surface area contributed by atoms with Crippen molar-refractivity contribution < 1.29 is 4.74 Å². The highest BCUT2D eigenvalue weighted by atomic mass is 32.1. The Morgan fingerprint density at radius 2 is 2.35 bits per heavy atom. The summed E-state index contributed by atoms with van der Waals surface area (Å²) in [7, 11) is 0. The summed E-state index contributed by atoms with van der Waals surface area (Å²) in [6.45, 7) is 5.44. The van der Waals surface area contributed by atoms with Crippen LogP contribution in [0.4, 0.5) is 5.69 Å².